The Morgan fingerprint density at radius 3 is 2.78 bits per heavy atom. The van der Waals surface area contributed by atoms with E-state index in [-0.39, 0.29) is 12.1 Å². The Balaban J connectivity index is 1.85. The molecule has 0 aromatic heterocycles. The van der Waals surface area contributed by atoms with Crippen LogP contribution in [0.15, 0.2) is 22.7 Å². The predicted octanol–water partition coefficient (Wildman–Crippen LogP) is 1.97. The van der Waals surface area contributed by atoms with Gasteiger partial charge in [-0.1, -0.05) is 15.9 Å². The van der Waals surface area contributed by atoms with Crippen LogP contribution in [-0.4, -0.2) is 41.3 Å². The molecule has 2 fully saturated rings. The SMILES string of the molecule is Nc1ccc(Br)cc1N1C[C@@H]2C[C@H]1CN2C(=O)O. The van der Waals surface area contributed by atoms with Gasteiger partial charge in [-0.2, -0.15) is 0 Å². The molecule has 0 radical (unpaired) electrons. The molecule has 2 atom stereocenters. The van der Waals surface area contributed by atoms with Crippen molar-refractivity contribution >= 4 is 33.4 Å². The second-order valence-electron chi connectivity index (χ2n) is 4.83. The first kappa shape index (κ1) is 11.6. The lowest BCUT2D eigenvalue weighted by atomic mass is 10.2. The van der Waals surface area contributed by atoms with Gasteiger partial charge in [0.25, 0.3) is 0 Å². The van der Waals surface area contributed by atoms with Gasteiger partial charge in [0, 0.05) is 23.6 Å². The molecule has 5 nitrogen and oxygen atoms in total. The largest absolute Gasteiger partial charge is 0.465 e. The summed E-state index contributed by atoms with van der Waals surface area (Å²) in [5.41, 5.74) is 7.75. The zero-order valence-corrected chi connectivity index (χ0v) is 11.3. The Morgan fingerprint density at radius 2 is 2.17 bits per heavy atom. The number of nitrogens with zero attached hydrogens (tertiary/aromatic N) is 2. The summed E-state index contributed by atoms with van der Waals surface area (Å²) in [6, 6.07) is 6.15. The molecule has 2 heterocycles. The minimum absolute atomic E-state index is 0.103. The van der Waals surface area contributed by atoms with Crippen molar-refractivity contribution < 1.29 is 9.90 Å². The fourth-order valence-electron chi connectivity index (χ4n) is 2.96. The molecule has 0 saturated carbocycles. The van der Waals surface area contributed by atoms with Crippen LogP contribution in [0.25, 0.3) is 0 Å². The highest BCUT2D eigenvalue weighted by molar-refractivity contribution is 9.10. The van der Waals surface area contributed by atoms with Crippen molar-refractivity contribution in [3.05, 3.63) is 22.7 Å². The fourth-order valence-corrected chi connectivity index (χ4v) is 3.31. The van der Waals surface area contributed by atoms with Gasteiger partial charge in [-0.15, -0.1) is 0 Å². The Hall–Kier alpha value is -1.43. The van der Waals surface area contributed by atoms with E-state index in [0.29, 0.717) is 6.54 Å². The van der Waals surface area contributed by atoms with Gasteiger partial charge in [-0.05, 0) is 24.6 Å². The molecule has 2 bridgehead atoms. The maximum Gasteiger partial charge on any atom is 0.407 e. The second-order valence-corrected chi connectivity index (χ2v) is 5.75. The first-order valence-electron chi connectivity index (χ1n) is 5.87. The van der Waals surface area contributed by atoms with E-state index in [1.54, 1.807) is 0 Å². The molecule has 3 rings (SSSR count). The molecule has 18 heavy (non-hydrogen) atoms. The number of nitrogen functional groups attached to an aromatic ring is 1. The summed E-state index contributed by atoms with van der Waals surface area (Å²) in [5.74, 6) is 0. The third-order valence-corrected chi connectivity index (χ3v) is 4.28. The number of carbonyl (C=O) groups is 1. The first-order chi connectivity index (χ1) is 8.56. The number of rotatable bonds is 1. The predicted molar refractivity (Wildman–Crippen MR) is 72.8 cm³/mol. The van der Waals surface area contributed by atoms with Gasteiger partial charge in [0.2, 0.25) is 0 Å². The Kier molecular flexibility index (Phi) is 2.62. The summed E-state index contributed by atoms with van der Waals surface area (Å²) in [4.78, 5) is 14.8. The lowest BCUT2D eigenvalue weighted by Crippen LogP contribution is -2.48. The van der Waals surface area contributed by atoms with Gasteiger partial charge in [0.1, 0.15) is 0 Å². The summed E-state index contributed by atoms with van der Waals surface area (Å²) < 4.78 is 0.990. The number of benzene rings is 1. The van der Waals surface area contributed by atoms with Gasteiger partial charge >= 0.3 is 6.09 Å². The number of carboxylic acid groups (broad SMARTS) is 1. The van der Waals surface area contributed by atoms with Gasteiger partial charge < -0.3 is 20.6 Å². The maximum absolute atomic E-state index is 11.0. The van der Waals surface area contributed by atoms with E-state index in [0.717, 1.165) is 28.8 Å². The van der Waals surface area contributed by atoms with Crippen molar-refractivity contribution in [3.63, 3.8) is 0 Å². The zero-order chi connectivity index (χ0) is 12.9. The van der Waals surface area contributed by atoms with Crippen molar-refractivity contribution in [2.24, 2.45) is 0 Å². The van der Waals surface area contributed by atoms with E-state index in [1.807, 2.05) is 18.2 Å². The Bertz CT molecular complexity index is 508. The summed E-state index contributed by atoms with van der Waals surface area (Å²) in [6.45, 7) is 1.31. The third kappa shape index (κ3) is 1.71. The van der Waals surface area contributed by atoms with Crippen LogP contribution >= 0.6 is 15.9 Å². The summed E-state index contributed by atoms with van der Waals surface area (Å²) in [6.07, 6.45) is 0.0856. The van der Waals surface area contributed by atoms with Crippen LogP contribution in [0.1, 0.15) is 6.42 Å². The third-order valence-electron chi connectivity index (χ3n) is 3.79. The van der Waals surface area contributed by atoms with Crippen molar-refractivity contribution in [2.75, 3.05) is 23.7 Å². The number of hydrogen-bond donors (Lipinski definition) is 2. The number of amides is 1. The van der Waals surface area contributed by atoms with Gasteiger partial charge in [-0.25, -0.2) is 4.79 Å². The molecular formula is C12H14BrN3O2. The number of likely N-dealkylation sites (tertiary alicyclic amines) is 1. The van der Waals surface area contributed by atoms with Crippen LogP contribution in [0.3, 0.4) is 0 Å². The van der Waals surface area contributed by atoms with E-state index in [1.165, 1.54) is 4.90 Å². The van der Waals surface area contributed by atoms with Crippen LogP contribution in [0.5, 0.6) is 0 Å². The first-order valence-corrected chi connectivity index (χ1v) is 6.67. The minimum atomic E-state index is -0.815. The monoisotopic (exact) mass is 311 g/mol. The van der Waals surface area contributed by atoms with Crippen molar-refractivity contribution in [3.8, 4) is 0 Å². The quantitative estimate of drug-likeness (QED) is 0.778. The molecule has 2 saturated heterocycles. The highest BCUT2D eigenvalue weighted by atomic mass is 79.9. The highest BCUT2D eigenvalue weighted by Crippen LogP contribution is 2.38. The number of piperazine rings is 1. The van der Waals surface area contributed by atoms with Gasteiger partial charge in [0.15, 0.2) is 0 Å². The van der Waals surface area contributed by atoms with E-state index >= 15 is 0 Å². The highest BCUT2D eigenvalue weighted by Gasteiger charge is 2.45. The molecule has 1 aromatic carbocycles. The molecule has 0 aliphatic carbocycles. The molecular weight excluding hydrogens is 298 g/mol. The van der Waals surface area contributed by atoms with Gasteiger partial charge in [-0.3, -0.25) is 0 Å². The van der Waals surface area contributed by atoms with Crippen LogP contribution < -0.4 is 10.6 Å². The molecule has 6 heteroatoms. The summed E-state index contributed by atoms with van der Waals surface area (Å²) in [5, 5.41) is 9.07. The molecule has 2 aliphatic rings. The molecule has 1 amide bonds. The number of halogens is 1. The van der Waals surface area contributed by atoms with E-state index in [2.05, 4.69) is 20.8 Å². The van der Waals surface area contributed by atoms with Crippen LogP contribution in [0.4, 0.5) is 16.2 Å². The zero-order valence-electron chi connectivity index (χ0n) is 9.71. The second kappa shape index (κ2) is 4.05. The fraction of sp³-hybridized carbons (Fsp3) is 0.417. The smallest absolute Gasteiger partial charge is 0.407 e. The normalized spacial score (nSPS) is 25.8. The average molecular weight is 312 g/mol. The molecule has 0 unspecified atom stereocenters. The standard InChI is InChI=1S/C12H14BrN3O2/c13-7-1-2-10(14)11(3-7)15-5-9-4-8(15)6-16(9)12(17)18/h1-3,8-9H,4-6,14H2,(H,17,18)/t8-,9-/m0/s1. The molecule has 1 aromatic rings. The van der Waals surface area contributed by atoms with Crippen molar-refractivity contribution in [2.45, 2.75) is 18.5 Å². The minimum Gasteiger partial charge on any atom is -0.465 e. The lowest BCUT2D eigenvalue weighted by molar-refractivity contribution is 0.137. The van der Waals surface area contributed by atoms with Crippen LogP contribution in [-0.2, 0) is 0 Å². The number of anilines is 2. The Labute approximate surface area is 113 Å². The molecule has 2 aliphatic heterocycles. The summed E-state index contributed by atoms with van der Waals surface area (Å²) in [7, 11) is 0. The van der Waals surface area contributed by atoms with Gasteiger partial charge in [0.05, 0.1) is 17.4 Å². The van der Waals surface area contributed by atoms with Crippen LogP contribution in [0.2, 0.25) is 0 Å². The van der Waals surface area contributed by atoms with E-state index < -0.39 is 6.09 Å². The van der Waals surface area contributed by atoms with Crippen molar-refractivity contribution in [1.82, 2.24) is 4.90 Å². The van der Waals surface area contributed by atoms with Crippen LogP contribution in [0, 0.1) is 0 Å². The average Bonchev–Trinajstić information content (AvgIpc) is 2.91. The maximum atomic E-state index is 11.0. The number of fused-ring (bicyclic) bond motifs is 2. The van der Waals surface area contributed by atoms with Crippen molar-refractivity contribution in [1.29, 1.82) is 0 Å². The summed E-state index contributed by atoms with van der Waals surface area (Å²) >= 11 is 3.44. The lowest BCUT2D eigenvalue weighted by Gasteiger charge is -2.34. The number of hydrogen-bond acceptors (Lipinski definition) is 3. The van der Waals surface area contributed by atoms with E-state index in [9.17, 15) is 4.79 Å². The molecule has 3 N–H and O–H groups in total. The number of nitrogens with two attached hydrogens (primary N) is 1. The molecule has 96 valence electrons. The van der Waals surface area contributed by atoms with E-state index in [4.69, 9.17) is 10.8 Å². The topological polar surface area (TPSA) is 69.8 Å². The Morgan fingerprint density at radius 1 is 1.39 bits per heavy atom. The molecule has 0 spiro atoms.